The average Bonchev–Trinajstić information content (AvgIpc) is 2.21. The van der Waals surface area contributed by atoms with Crippen molar-refractivity contribution in [3.8, 4) is 0 Å². The van der Waals surface area contributed by atoms with Crippen molar-refractivity contribution in [3.63, 3.8) is 0 Å². The van der Waals surface area contributed by atoms with Crippen LogP contribution in [0.4, 0.5) is 0 Å². The van der Waals surface area contributed by atoms with Crippen LogP contribution in [0.5, 0.6) is 0 Å². The zero-order valence-electron chi connectivity index (χ0n) is 11.5. The second-order valence-corrected chi connectivity index (χ2v) is 6.29. The molecule has 0 aliphatic carbocycles. The van der Waals surface area contributed by atoms with Crippen LogP contribution >= 0.6 is 0 Å². The molecule has 4 heteroatoms. The number of aryl methyl sites for hydroxylation is 1. The molecule has 0 heterocycles. The van der Waals surface area contributed by atoms with Gasteiger partial charge in [-0.15, -0.1) is 0 Å². The predicted octanol–water partition coefficient (Wildman–Crippen LogP) is 3.54. The molecule has 0 fully saturated rings. The summed E-state index contributed by atoms with van der Waals surface area (Å²) in [6.07, 6.45) is 0. The first kappa shape index (κ1) is 14.9. The van der Waals surface area contributed by atoms with Crippen molar-refractivity contribution in [2.24, 2.45) is 0 Å². The molecule has 0 amide bonds. The Hall–Kier alpha value is -1.13. The molecule has 3 nitrogen and oxygen atoms in total. The zero-order chi connectivity index (χ0) is 14.2. The van der Waals surface area contributed by atoms with E-state index in [0.29, 0.717) is 5.56 Å². The van der Waals surface area contributed by atoms with E-state index in [2.05, 4.69) is 6.58 Å². The molecule has 1 N–H and O–H groups in total. The maximum atomic E-state index is 11.4. The van der Waals surface area contributed by atoms with Gasteiger partial charge in [-0.25, -0.2) is 0 Å². The number of rotatable bonds is 3. The molecule has 0 bridgehead atoms. The van der Waals surface area contributed by atoms with Gasteiger partial charge < -0.3 is 0 Å². The van der Waals surface area contributed by atoms with E-state index < -0.39 is 10.1 Å². The highest BCUT2D eigenvalue weighted by Gasteiger charge is 2.22. The minimum Gasteiger partial charge on any atom is -0.282 e. The summed E-state index contributed by atoms with van der Waals surface area (Å²) in [7, 11) is -4.18. The van der Waals surface area contributed by atoms with Crippen molar-refractivity contribution >= 4 is 10.1 Å². The molecular formula is C14H20O3S. The van der Waals surface area contributed by atoms with Crippen molar-refractivity contribution < 1.29 is 13.0 Å². The molecule has 0 radical (unpaired) electrons. The lowest BCUT2D eigenvalue weighted by Gasteiger charge is -2.21. The highest BCUT2D eigenvalue weighted by atomic mass is 32.2. The Labute approximate surface area is 109 Å². The minimum absolute atomic E-state index is 0.00583. The SMILES string of the molecule is C=C(C)C(C)c1c(C)c(C)cc(S(=O)(=O)O)c1C. The maximum absolute atomic E-state index is 11.4. The van der Waals surface area contributed by atoms with Crippen LogP contribution < -0.4 is 0 Å². The second kappa shape index (κ2) is 4.86. The molecule has 1 aromatic rings. The first-order valence-electron chi connectivity index (χ1n) is 5.81. The lowest BCUT2D eigenvalue weighted by atomic mass is 9.86. The van der Waals surface area contributed by atoms with Gasteiger partial charge in [-0.05, 0) is 56.0 Å². The van der Waals surface area contributed by atoms with Crippen molar-refractivity contribution in [1.29, 1.82) is 0 Å². The molecular weight excluding hydrogens is 248 g/mol. The van der Waals surface area contributed by atoms with Crippen molar-refractivity contribution in [2.45, 2.75) is 45.4 Å². The van der Waals surface area contributed by atoms with Gasteiger partial charge in [0.25, 0.3) is 10.1 Å². The van der Waals surface area contributed by atoms with Gasteiger partial charge in [0, 0.05) is 5.92 Å². The molecule has 18 heavy (non-hydrogen) atoms. The summed E-state index contributed by atoms with van der Waals surface area (Å²) in [5.41, 5.74) is 4.42. The van der Waals surface area contributed by atoms with Gasteiger partial charge in [-0.3, -0.25) is 4.55 Å². The molecule has 0 saturated heterocycles. The van der Waals surface area contributed by atoms with Crippen molar-refractivity contribution in [3.05, 3.63) is 40.5 Å². The summed E-state index contributed by atoms with van der Waals surface area (Å²) in [5, 5.41) is 0. The van der Waals surface area contributed by atoms with Crippen LogP contribution in [-0.2, 0) is 10.1 Å². The predicted molar refractivity (Wildman–Crippen MR) is 73.7 cm³/mol. The third-order valence-electron chi connectivity index (χ3n) is 3.57. The Balaban J connectivity index is 3.71. The fourth-order valence-corrected chi connectivity index (χ4v) is 3.03. The van der Waals surface area contributed by atoms with E-state index in [1.54, 1.807) is 6.92 Å². The van der Waals surface area contributed by atoms with Crippen LogP contribution in [0, 0.1) is 20.8 Å². The summed E-state index contributed by atoms with van der Waals surface area (Å²) in [6, 6.07) is 1.52. The van der Waals surface area contributed by atoms with E-state index in [1.165, 1.54) is 6.07 Å². The van der Waals surface area contributed by atoms with Crippen LogP contribution in [-0.4, -0.2) is 13.0 Å². The van der Waals surface area contributed by atoms with E-state index in [-0.39, 0.29) is 10.8 Å². The van der Waals surface area contributed by atoms with Gasteiger partial charge in [-0.2, -0.15) is 8.42 Å². The highest BCUT2D eigenvalue weighted by Crippen LogP contribution is 2.33. The first-order chi connectivity index (χ1) is 8.07. The van der Waals surface area contributed by atoms with Crippen LogP contribution in [0.3, 0.4) is 0 Å². The van der Waals surface area contributed by atoms with Crippen molar-refractivity contribution in [2.75, 3.05) is 0 Å². The van der Waals surface area contributed by atoms with Gasteiger partial charge in [0.2, 0.25) is 0 Å². The van der Waals surface area contributed by atoms with E-state index in [0.717, 1.165) is 22.3 Å². The lowest BCUT2D eigenvalue weighted by molar-refractivity contribution is 0.482. The Bertz CT molecular complexity index is 598. The number of allylic oxidation sites excluding steroid dienone is 1. The Kier molecular flexibility index (Phi) is 4.03. The monoisotopic (exact) mass is 268 g/mol. The third kappa shape index (κ3) is 2.65. The molecule has 0 aliphatic heterocycles. The van der Waals surface area contributed by atoms with Gasteiger partial charge in [0.15, 0.2) is 0 Å². The molecule has 100 valence electrons. The topological polar surface area (TPSA) is 54.4 Å². The molecule has 0 saturated carbocycles. The first-order valence-corrected chi connectivity index (χ1v) is 7.25. The average molecular weight is 268 g/mol. The summed E-state index contributed by atoms with van der Waals surface area (Å²) in [6.45, 7) is 13.4. The zero-order valence-corrected chi connectivity index (χ0v) is 12.4. The molecule has 1 atom stereocenters. The largest absolute Gasteiger partial charge is 0.294 e. The third-order valence-corrected chi connectivity index (χ3v) is 4.55. The fraction of sp³-hybridized carbons (Fsp3) is 0.429. The van der Waals surface area contributed by atoms with E-state index >= 15 is 0 Å². The van der Waals surface area contributed by atoms with Gasteiger partial charge in [0.1, 0.15) is 0 Å². The van der Waals surface area contributed by atoms with Crippen molar-refractivity contribution in [1.82, 2.24) is 0 Å². The molecule has 1 rings (SSSR count). The Morgan fingerprint density at radius 2 is 1.78 bits per heavy atom. The highest BCUT2D eigenvalue weighted by molar-refractivity contribution is 7.85. The summed E-state index contributed by atoms with van der Waals surface area (Å²) in [5.74, 6) is 0.0606. The quantitative estimate of drug-likeness (QED) is 0.674. The Morgan fingerprint density at radius 3 is 2.17 bits per heavy atom. The summed E-state index contributed by atoms with van der Waals surface area (Å²) in [4.78, 5) is -0.00583. The number of hydrogen-bond acceptors (Lipinski definition) is 2. The lowest BCUT2D eigenvalue weighted by Crippen LogP contribution is -2.09. The molecule has 1 unspecified atom stereocenters. The number of benzene rings is 1. The van der Waals surface area contributed by atoms with E-state index in [4.69, 9.17) is 0 Å². The molecule has 0 spiro atoms. The molecule has 1 aromatic carbocycles. The fourth-order valence-electron chi connectivity index (χ4n) is 2.20. The molecule has 0 aromatic heterocycles. The maximum Gasteiger partial charge on any atom is 0.294 e. The van der Waals surface area contributed by atoms with E-state index in [1.807, 2.05) is 27.7 Å². The van der Waals surface area contributed by atoms with Crippen LogP contribution in [0.25, 0.3) is 0 Å². The Morgan fingerprint density at radius 1 is 1.28 bits per heavy atom. The minimum atomic E-state index is -4.18. The van der Waals surface area contributed by atoms with Gasteiger partial charge in [-0.1, -0.05) is 19.1 Å². The smallest absolute Gasteiger partial charge is 0.282 e. The van der Waals surface area contributed by atoms with Crippen LogP contribution in [0.1, 0.15) is 42.0 Å². The molecule has 0 aliphatic rings. The standard InChI is InChI=1S/C14H20O3S/c1-8(2)10(4)14-11(5)9(3)7-13(12(14)6)18(15,16)17/h7,10H,1H2,2-6H3,(H,15,16,17). The van der Waals surface area contributed by atoms with Crippen LogP contribution in [0.15, 0.2) is 23.1 Å². The normalized spacial score (nSPS) is 13.4. The van der Waals surface area contributed by atoms with Gasteiger partial charge in [0.05, 0.1) is 4.90 Å². The van der Waals surface area contributed by atoms with Gasteiger partial charge >= 0.3 is 0 Å². The van der Waals surface area contributed by atoms with E-state index in [9.17, 15) is 13.0 Å². The summed E-state index contributed by atoms with van der Waals surface area (Å²) < 4.78 is 32.1. The van der Waals surface area contributed by atoms with Crippen LogP contribution in [0.2, 0.25) is 0 Å². The summed E-state index contributed by atoms with van der Waals surface area (Å²) >= 11 is 0. The second-order valence-electron chi connectivity index (χ2n) is 4.90. The number of hydrogen-bond donors (Lipinski definition) is 1.